The lowest BCUT2D eigenvalue weighted by Gasteiger charge is -2.45. The Kier molecular flexibility index (Phi) is 6.43. The van der Waals surface area contributed by atoms with Gasteiger partial charge in [-0.1, -0.05) is 62.3 Å². The van der Waals surface area contributed by atoms with E-state index in [0.29, 0.717) is 5.92 Å². The molecule has 0 bridgehead atoms. The molecule has 0 aliphatic carbocycles. The molecule has 5 heteroatoms. The van der Waals surface area contributed by atoms with Gasteiger partial charge in [0, 0.05) is 24.2 Å². The van der Waals surface area contributed by atoms with Gasteiger partial charge in [-0.05, 0) is 48.1 Å². The van der Waals surface area contributed by atoms with Crippen molar-refractivity contribution in [3.8, 4) is 0 Å². The Bertz CT molecular complexity index is 761. The maximum atomic E-state index is 12.3. The molecule has 3 rings (SSSR count). The van der Waals surface area contributed by atoms with Gasteiger partial charge in [-0.3, -0.25) is 14.7 Å². The fourth-order valence-corrected chi connectivity index (χ4v) is 5.67. The van der Waals surface area contributed by atoms with Crippen LogP contribution >= 0.6 is 0 Å². The van der Waals surface area contributed by atoms with Gasteiger partial charge in [0.25, 0.3) is 0 Å². The van der Waals surface area contributed by atoms with Gasteiger partial charge in [0.2, 0.25) is 0 Å². The van der Waals surface area contributed by atoms with Crippen molar-refractivity contribution in [2.75, 3.05) is 26.7 Å². The molecule has 5 nitrogen and oxygen atoms in total. The molecule has 0 N–H and O–H groups in total. The minimum Gasteiger partial charge on any atom is -0.468 e. The van der Waals surface area contributed by atoms with Crippen LogP contribution in [0.15, 0.2) is 16.3 Å². The lowest BCUT2D eigenvalue weighted by atomic mass is 9.70. The van der Waals surface area contributed by atoms with E-state index in [2.05, 4.69) is 72.1 Å². The quantitative estimate of drug-likeness (QED) is 0.582. The Hall–Kier alpha value is -1.36. The molecule has 3 heterocycles. The van der Waals surface area contributed by atoms with E-state index in [1.807, 2.05) is 0 Å². The minimum atomic E-state index is -0.0763. The Morgan fingerprint density at radius 1 is 1.06 bits per heavy atom. The molecule has 3 atom stereocenters. The molecule has 31 heavy (non-hydrogen) atoms. The summed E-state index contributed by atoms with van der Waals surface area (Å²) in [7, 11) is 1.51. The first-order valence-corrected chi connectivity index (χ1v) is 12.1. The highest BCUT2D eigenvalue weighted by Crippen LogP contribution is 2.48. The first-order chi connectivity index (χ1) is 14.1. The van der Waals surface area contributed by atoms with E-state index < -0.39 is 0 Å². The Labute approximate surface area is 190 Å². The van der Waals surface area contributed by atoms with Crippen LogP contribution in [0.2, 0.25) is 0 Å². The summed E-state index contributed by atoms with van der Waals surface area (Å²) >= 11 is 0. The number of allylic oxidation sites excluding steroid dienone is 1. The van der Waals surface area contributed by atoms with Crippen molar-refractivity contribution in [1.29, 1.82) is 0 Å². The summed E-state index contributed by atoms with van der Waals surface area (Å²) in [6.45, 7) is 23.8. The Morgan fingerprint density at radius 3 is 2.23 bits per heavy atom. The largest absolute Gasteiger partial charge is 0.468 e. The van der Waals surface area contributed by atoms with Crippen molar-refractivity contribution in [1.82, 2.24) is 9.80 Å². The molecule has 3 unspecified atom stereocenters. The van der Waals surface area contributed by atoms with Crippen molar-refractivity contribution in [3.05, 3.63) is 11.3 Å². The lowest BCUT2D eigenvalue weighted by Crippen LogP contribution is -2.47. The lowest BCUT2D eigenvalue weighted by molar-refractivity contribution is -0.146. The molecule has 2 saturated heterocycles. The first-order valence-electron chi connectivity index (χ1n) is 12.1. The van der Waals surface area contributed by atoms with Crippen molar-refractivity contribution in [3.63, 3.8) is 0 Å². The van der Waals surface area contributed by atoms with Gasteiger partial charge >= 0.3 is 5.97 Å². The summed E-state index contributed by atoms with van der Waals surface area (Å²) in [5.74, 6) is 1.65. The summed E-state index contributed by atoms with van der Waals surface area (Å²) in [4.78, 5) is 22.6. The molecule has 176 valence electrons. The first kappa shape index (κ1) is 24.3. The normalized spacial score (nSPS) is 28.1. The average Bonchev–Trinajstić information content (AvgIpc) is 3.23. The smallest absolute Gasteiger partial charge is 0.323 e. The highest BCUT2D eigenvalue weighted by atomic mass is 16.5. The van der Waals surface area contributed by atoms with Gasteiger partial charge in [-0.2, -0.15) is 0 Å². The molecular weight excluding hydrogens is 386 g/mol. The molecular formula is C26H45N3O2. The highest BCUT2D eigenvalue weighted by Gasteiger charge is 2.47. The minimum absolute atomic E-state index is 0.00471. The third-order valence-corrected chi connectivity index (χ3v) is 6.97. The van der Waals surface area contributed by atoms with Gasteiger partial charge in [0.15, 0.2) is 0 Å². The van der Waals surface area contributed by atoms with Crippen LogP contribution < -0.4 is 0 Å². The summed E-state index contributed by atoms with van der Waals surface area (Å²) in [6, 6.07) is 0.123. The van der Waals surface area contributed by atoms with Crippen LogP contribution in [0.5, 0.6) is 0 Å². The predicted molar refractivity (Wildman–Crippen MR) is 128 cm³/mol. The molecule has 0 radical (unpaired) electrons. The number of likely N-dealkylation sites (tertiary alicyclic amines) is 1. The molecule has 0 amide bonds. The van der Waals surface area contributed by atoms with Crippen LogP contribution in [0, 0.1) is 22.2 Å². The van der Waals surface area contributed by atoms with E-state index >= 15 is 0 Å². The molecule has 0 saturated carbocycles. The molecule has 0 aromatic heterocycles. The highest BCUT2D eigenvalue weighted by molar-refractivity contribution is 5.90. The van der Waals surface area contributed by atoms with E-state index in [4.69, 9.17) is 9.73 Å². The average molecular weight is 432 g/mol. The van der Waals surface area contributed by atoms with Crippen molar-refractivity contribution < 1.29 is 9.53 Å². The summed E-state index contributed by atoms with van der Waals surface area (Å²) < 4.78 is 5.08. The number of fused-ring (bicyclic) bond motifs is 1. The maximum absolute atomic E-state index is 12.3. The number of aliphatic imine (C=N–C) groups is 1. The zero-order valence-electron chi connectivity index (χ0n) is 21.6. The second-order valence-corrected chi connectivity index (χ2v) is 12.9. The molecule has 3 aliphatic heterocycles. The van der Waals surface area contributed by atoms with E-state index in [1.54, 1.807) is 0 Å². The third kappa shape index (κ3) is 4.86. The van der Waals surface area contributed by atoms with Gasteiger partial charge in [-0.15, -0.1) is 0 Å². The maximum Gasteiger partial charge on any atom is 0.323 e. The number of methoxy groups -OCH3 is 1. The molecule has 3 aliphatic rings. The standard InChI is InChI=1S/C26H45N3O2/c1-24(2,3)20-19-14-17(15-28-13-11-12-18(28)22(30)31-10)16-29(19)23(26(7,8)9)27-21(20)25(4,5)6/h17-18,21H,11-16H2,1-10H3. The number of hydrogen-bond donors (Lipinski definition) is 0. The fraction of sp³-hybridized carbons (Fsp3) is 0.846. The number of ether oxygens (including phenoxy) is 1. The second-order valence-electron chi connectivity index (χ2n) is 12.9. The topological polar surface area (TPSA) is 45.1 Å². The van der Waals surface area contributed by atoms with Crippen LogP contribution in [-0.2, 0) is 9.53 Å². The third-order valence-electron chi connectivity index (χ3n) is 6.97. The van der Waals surface area contributed by atoms with Gasteiger partial charge in [-0.25, -0.2) is 0 Å². The number of carbonyl (C=O) groups is 1. The van der Waals surface area contributed by atoms with E-state index in [-0.39, 0.29) is 34.3 Å². The van der Waals surface area contributed by atoms with E-state index in [0.717, 1.165) is 38.9 Å². The SMILES string of the molecule is COC(=O)C1CCCN1CC1CC2=C(C(C)(C)C)C(C(C)(C)C)N=C(C(C)(C)C)N2C1. The van der Waals surface area contributed by atoms with Crippen LogP contribution in [0.25, 0.3) is 0 Å². The molecule has 0 spiro atoms. The van der Waals surface area contributed by atoms with Crippen LogP contribution in [0.1, 0.15) is 81.6 Å². The predicted octanol–water partition coefficient (Wildman–Crippen LogP) is 5.12. The van der Waals surface area contributed by atoms with Crippen molar-refractivity contribution in [2.45, 2.75) is 93.7 Å². The molecule has 2 fully saturated rings. The van der Waals surface area contributed by atoms with E-state index in [9.17, 15) is 4.79 Å². The number of rotatable bonds is 3. The summed E-state index contributed by atoms with van der Waals surface area (Å²) in [5.41, 5.74) is 3.12. The van der Waals surface area contributed by atoms with Gasteiger partial charge < -0.3 is 9.64 Å². The van der Waals surface area contributed by atoms with Crippen LogP contribution in [0.3, 0.4) is 0 Å². The number of carbonyl (C=O) groups excluding carboxylic acids is 1. The van der Waals surface area contributed by atoms with Crippen molar-refractivity contribution >= 4 is 11.8 Å². The van der Waals surface area contributed by atoms with Crippen LogP contribution in [-0.4, -0.2) is 60.4 Å². The monoisotopic (exact) mass is 431 g/mol. The van der Waals surface area contributed by atoms with Crippen molar-refractivity contribution in [2.24, 2.45) is 27.2 Å². The van der Waals surface area contributed by atoms with Crippen LogP contribution in [0.4, 0.5) is 0 Å². The molecule has 0 aromatic rings. The number of nitrogens with zero attached hydrogens (tertiary/aromatic N) is 3. The van der Waals surface area contributed by atoms with Gasteiger partial charge in [0.1, 0.15) is 11.9 Å². The zero-order chi connectivity index (χ0) is 23.4. The number of esters is 1. The number of hydrogen-bond acceptors (Lipinski definition) is 5. The van der Waals surface area contributed by atoms with Gasteiger partial charge in [0.05, 0.1) is 13.2 Å². The van der Waals surface area contributed by atoms with E-state index in [1.165, 1.54) is 24.2 Å². The molecule has 0 aromatic carbocycles. The summed E-state index contributed by atoms with van der Waals surface area (Å²) in [6.07, 6.45) is 3.06. The fourth-order valence-electron chi connectivity index (χ4n) is 5.67. The summed E-state index contributed by atoms with van der Waals surface area (Å²) in [5, 5.41) is 0. The zero-order valence-corrected chi connectivity index (χ0v) is 21.6. The Morgan fingerprint density at radius 2 is 1.71 bits per heavy atom. The Balaban J connectivity index is 1.97. The number of amidine groups is 1. The second kappa shape index (κ2) is 8.20.